The SMILES string of the molecule is COCCCNc1cc(=O)[nH]c(=O)n1[C@@H]1O[C@H](CO)[C@@H](O)[C@H]1O. The average Bonchev–Trinajstić information content (AvgIpc) is 2.79. The smallest absolute Gasteiger partial charge is 0.332 e. The molecule has 1 aliphatic heterocycles. The van der Waals surface area contributed by atoms with Crippen molar-refractivity contribution in [2.45, 2.75) is 31.0 Å². The molecule has 0 aromatic carbocycles. The lowest BCUT2D eigenvalue weighted by Gasteiger charge is -2.21. The number of nitrogens with zero attached hydrogens (tertiary/aromatic N) is 1. The van der Waals surface area contributed by atoms with Gasteiger partial charge in [0.1, 0.15) is 24.1 Å². The van der Waals surface area contributed by atoms with Crippen molar-refractivity contribution in [3.05, 3.63) is 26.9 Å². The van der Waals surface area contributed by atoms with Crippen molar-refractivity contribution in [2.24, 2.45) is 0 Å². The van der Waals surface area contributed by atoms with Gasteiger partial charge in [-0.1, -0.05) is 0 Å². The van der Waals surface area contributed by atoms with E-state index in [1.165, 1.54) is 0 Å². The van der Waals surface area contributed by atoms with E-state index < -0.39 is 42.4 Å². The molecule has 2 heterocycles. The van der Waals surface area contributed by atoms with Crippen LogP contribution in [0.25, 0.3) is 0 Å². The quantitative estimate of drug-likeness (QED) is 0.347. The summed E-state index contributed by atoms with van der Waals surface area (Å²) in [6.07, 6.45) is -4.37. The number of ether oxygens (including phenoxy) is 2. The van der Waals surface area contributed by atoms with Gasteiger partial charge in [-0.3, -0.25) is 9.78 Å². The Bertz CT molecular complexity index is 629. The average molecular weight is 331 g/mol. The maximum absolute atomic E-state index is 12.1. The van der Waals surface area contributed by atoms with Gasteiger partial charge >= 0.3 is 5.69 Å². The minimum atomic E-state index is -1.42. The molecule has 10 nitrogen and oxygen atoms in total. The summed E-state index contributed by atoms with van der Waals surface area (Å²) in [6.45, 7) is 0.406. The Kier molecular flexibility index (Phi) is 5.91. The zero-order chi connectivity index (χ0) is 17.0. The second kappa shape index (κ2) is 7.70. The number of H-pyrrole nitrogens is 1. The number of aromatic amines is 1. The minimum Gasteiger partial charge on any atom is -0.394 e. The molecule has 5 N–H and O–H groups in total. The van der Waals surface area contributed by atoms with E-state index in [4.69, 9.17) is 14.6 Å². The van der Waals surface area contributed by atoms with Crippen molar-refractivity contribution in [1.29, 1.82) is 0 Å². The van der Waals surface area contributed by atoms with Crippen molar-refractivity contribution in [3.63, 3.8) is 0 Å². The van der Waals surface area contributed by atoms with Gasteiger partial charge in [-0.2, -0.15) is 0 Å². The molecule has 1 fully saturated rings. The monoisotopic (exact) mass is 331 g/mol. The number of methoxy groups -OCH3 is 1. The lowest BCUT2D eigenvalue weighted by Crippen LogP contribution is -2.39. The van der Waals surface area contributed by atoms with Crippen molar-refractivity contribution >= 4 is 5.82 Å². The first-order valence-corrected chi connectivity index (χ1v) is 7.20. The van der Waals surface area contributed by atoms with Crippen LogP contribution >= 0.6 is 0 Å². The number of nitrogens with one attached hydrogen (secondary N) is 2. The standard InChI is InChI=1S/C13H21N3O7/c1-22-4-2-3-14-8-5-9(18)15-13(21)16(8)12-11(20)10(19)7(6-17)23-12/h5,7,10-12,14,17,19-20H,2-4,6H2,1H3,(H,15,18,21)/t7-,10-,11-,12-/m1/s1. The first-order chi connectivity index (χ1) is 11.0. The molecule has 2 rings (SSSR count). The van der Waals surface area contributed by atoms with Crippen LogP contribution in [-0.4, -0.2) is 70.1 Å². The van der Waals surface area contributed by atoms with E-state index in [9.17, 15) is 19.8 Å². The van der Waals surface area contributed by atoms with E-state index in [1.54, 1.807) is 7.11 Å². The molecule has 1 aromatic heterocycles. The molecule has 1 saturated heterocycles. The summed E-state index contributed by atoms with van der Waals surface area (Å²) < 4.78 is 11.3. The number of aromatic nitrogens is 2. The van der Waals surface area contributed by atoms with E-state index >= 15 is 0 Å². The first kappa shape index (κ1) is 17.6. The second-order valence-corrected chi connectivity index (χ2v) is 5.20. The Morgan fingerprint density at radius 3 is 2.74 bits per heavy atom. The molecule has 0 spiro atoms. The second-order valence-electron chi connectivity index (χ2n) is 5.20. The minimum absolute atomic E-state index is 0.143. The summed E-state index contributed by atoms with van der Waals surface area (Å²) in [5, 5.41) is 31.9. The molecule has 0 bridgehead atoms. The third-order valence-corrected chi connectivity index (χ3v) is 3.58. The molecular weight excluding hydrogens is 310 g/mol. The molecule has 0 amide bonds. The fraction of sp³-hybridized carbons (Fsp3) is 0.692. The van der Waals surface area contributed by atoms with Crippen LogP contribution in [0, 0.1) is 0 Å². The lowest BCUT2D eigenvalue weighted by molar-refractivity contribution is -0.0539. The Morgan fingerprint density at radius 2 is 2.13 bits per heavy atom. The van der Waals surface area contributed by atoms with E-state index in [0.717, 1.165) is 10.6 Å². The molecule has 1 aromatic rings. The number of anilines is 1. The molecule has 10 heteroatoms. The molecule has 4 atom stereocenters. The summed E-state index contributed by atoms with van der Waals surface area (Å²) >= 11 is 0. The number of rotatable bonds is 7. The third-order valence-electron chi connectivity index (χ3n) is 3.58. The molecular formula is C13H21N3O7. The largest absolute Gasteiger partial charge is 0.394 e. The highest BCUT2D eigenvalue weighted by atomic mass is 16.6. The van der Waals surface area contributed by atoms with Crippen LogP contribution in [0.2, 0.25) is 0 Å². The summed E-state index contributed by atoms with van der Waals surface area (Å²) in [5.74, 6) is 0.143. The predicted octanol–water partition coefficient (Wildman–Crippen LogP) is -2.40. The fourth-order valence-corrected chi connectivity index (χ4v) is 2.42. The van der Waals surface area contributed by atoms with E-state index in [0.29, 0.717) is 19.6 Å². The van der Waals surface area contributed by atoms with Crippen molar-refractivity contribution in [1.82, 2.24) is 9.55 Å². The van der Waals surface area contributed by atoms with E-state index in [1.807, 2.05) is 0 Å². The van der Waals surface area contributed by atoms with Gasteiger partial charge < -0.3 is 30.1 Å². The number of hydrogen-bond acceptors (Lipinski definition) is 8. The molecule has 23 heavy (non-hydrogen) atoms. The van der Waals surface area contributed by atoms with E-state index in [-0.39, 0.29) is 5.82 Å². The molecule has 0 saturated carbocycles. The van der Waals surface area contributed by atoms with Crippen molar-refractivity contribution in [2.75, 3.05) is 32.2 Å². The first-order valence-electron chi connectivity index (χ1n) is 7.20. The van der Waals surface area contributed by atoms with Crippen LogP contribution in [0.3, 0.4) is 0 Å². The van der Waals surface area contributed by atoms with Crippen LogP contribution in [-0.2, 0) is 9.47 Å². The Labute approximate surface area is 131 Å². The third kappa shape index (κ3) is 3.79. The topological polar surface area (TPSA) is 146 Å². The normalized spacial score (nSPS) is 27.3. The van der Waals surface area contributed by atoms with Gasteiger partial charge in [-0.25, -0.2) is 9.36 Å². The molecule has 0 aliphatic carbocycles. The zero-order valence-corrected chi connectivity index (χ0v) is 12.6. The lowest BCUT2D eigenvalue weighted by atomic mass is 10.1. The van der Waals surface area contributed by atoms with Crippen LogP contribution in [0.5, 0.6) is 0 Å². The van der Waals surface area contributed by atoms with Gasteiger partial charge in [0.15, 0.2) is 6.23 Å². The van der Waals surface area contributed by atoms with Gasteiger partial charge in [0.2, 0.25) is 0 Å². The van der Waals surface area contributed by atoms with Crippen LogP contribution < -0.4 is 16.6 Å². The number of aliphatic hydroxyl groups excluding tert-OH is 3. The van der Waals surface area contributed by atoms with Gasteiger partial charge in [0, 0.05) is 26.3 Å². The number of aliphatic hydroxyl groups is 3. The van der Waals surface area contributed by atoms with Gasteiger partial charge in [-0.05, 0) is 6.42 Å². The summed E-state index contributed by atoms with van der Waals surface area (Å²) in [5.41, 5.74) is -1.39. The molecule has 1 aliphatic rings. The van der Waals surface area contributed by atoms with Crippen molar-refractivity contribution in [3.8, 4) is 0 Å². The Hall–Kier alpha value is -1.72. The molecule has 130 valence electrons. The zero-order valence-electron chi connectivity index (χ0n) is 12.6. The maximum atomic E-state index is 12.1. The van der Waals surface area contributed by atoms with Crippen LogP contribution in [0.15, 0.2) is 15.7 Å². The van der Waals surface area contributed by atoms with E-state index in [2.05, 4.69) is 10.3 Å². The maximum Gasteiger partial charge on any atom is 0.332 e. The summed E-state index contributed by atoms with van der Waals surface area (Å²) in [6, 6.07) is 1.16. The summed E-state index contributed by atoms with van der Waals surface area (Å²) in [7, 11) is 1.56. The van der Waals surface area contributed by atoms with Gasteiger partial charge in [0.05, 0.1) is 6.61 Å². The molecule has 0 unspecified atom stereocenters. The van der Waals surface area contributed by atoms with Crippen LogP contribution in [0.1, 0.15) is 12.6 Å². The summed E-state index contributed by atoms with van der Waals surface area (Å²) in [4.78, 5) is 25.7. The highest BCUT2D eigenvalue weighted by Crippen LogP contribution is 2.29. The Morgan fingerprint density at radius 1 is 1.39 bits per heavy atom. The highest BCUT2D eigenvalue weighted by Gasteiger charge is 2.44. The predicted molar refractivity (Wildman–Crippen MR) is 79.3 cm³/mol. The Balaban J connectivity index is 2.30. The van der Waals surface area contributed by atoms with Gasteiger partial charge in [0.25, 0.3) is 5.56 Å². The highest BCUT2D eigenvalue weighted by molar-refractivity contribution is 5.34. The van der Waals surface area contributed by atoms with Gasteiger partial charge in [-0.15, -0.1) is 0 Å². The van der Waals surface area contributed by atoms with Crippen LogP contribution in [0.4, 0.5) is 5.82 Å². The van der Waals surface area contributed by atoms with Crippen molar-refractivity contribution < 1.29 is 24.8 Å². The molecule has 0 radical (unpaired) electrons. The number of hydrogen-bond donors (Lipinski definition) is 5. The fourth-order valence-electron chi connectivity index (χ4n) is 2.42.